The minimum absolute atomic E-state index is 0.0604. The molecule has 0 aliphatic carbocycles. The van der Waals surface area contributed by atoms with Gasteiger partial charge in [-0.3, -0.25) is 4.79 Å². The Bertz CT molecular complexity index is 336. The van der Waals surface area contributed by atoms with Crippen molar-refractivity contribution in [2.45, 2.75) is 19.1 Å². The van der Waals surface area contributed by atoms with Gasteiger partial charge in [0.15, 0.2) is 6.23 Å². The average Bonchev–Trinajstić information content (AvgIpc) is 2.57. The number of hydrogen-bond acceptors (Lipinski definition) is 5. The number of rotatable bonds is 3. The minimum Gasteiger partial charge on any atom is -0.466 e. The van der Waals surface area contributed by atoms with Crippen molar-refractivity contribution in [2.75, 3.05) is 14.2 Å². The van der Waals surface area contributed by atoms with E-state index in [4.69, 9.17) is 4.74 Å². The second-order valence-corrected chi connectivity index (χ2v) is 3.29. The Labute approximate surface area is 92.8 Å². The van der Waals surface area contributed by atoms with Gasteiger partial charge in [0.25, 0.3) is 0 Å². The molecule has 0 spiro atoms. The Hall–Kier alpha value is -1.85. The van der Waals surface area contributed by atoms with Crippen molar-refractivity contribution in [2.24, 2.45) is 0 Å². The monoisotopic (exact) mass is 227 g/mol. The molecule has 16 heavy (non-hydrogen) atoms. The van der Waals surface area contributed by atoms with E-state index in [0.29, 0.717) is 12.8 Å². The fraction of sp³-hybridized carbons (Fsp3) is 0.500. The third-order valence-electron chi connectivity index (χ3n) is 2.24. The molecule has 0 bridgehead atoms. The molecule has 0 radical (unpaired) electrons. The summed E-state index contributed by atoms with van der Waals surface area (Å²) in [7, 11) is 2.78. The summed E-state index contributed by atoms with van der Waals surface area (Å²) in [6, 6.07) is 0. The maximum atomic E-state index is 11.2. The molecule has 0 aromatic heterocycles. The standard InChI is InChI=1S/C10H13NO5/c1-11-7(12)3-4-8(11)16-10(14)6-5-9(13)15-2/h5-6,8H,3-4H2,1-2H3/b6-5+. The Morgan fingerprint density at radius 2 is 2.00 bits per heavy atom. The highest BCUT2D eigenvalue weighted by Gasteiger charge is 2.29. The average molecular weight is 227 g/mol. The summed E-state index contributed by atoms with van der Waals surface area (Å²) >= 11 is 0. The van der Waals surface area contributed by atoms with Gasteiger partial charge < -0.3 is 14.4 Å². The highest BCUT2D eigenvalue weighted by molar-refractivity contribution is 5.91. The summed E-state index contributed by atoms with van der Waals surface area (Å²) in [6.45, 7) is 0. The summed E-state index contributed by atoms with van der Waals surface area (Å²) < 4.78 is 9.27. The van der Waals surface area contributed by atoms with Crippen LogP contribution in [0.25, 0.3) is 0 Å². The van der Waals surface area contributed by atoms with Gasteiger partial charge in [-0.2, -0.15) is 0 Å². The maximum absolute atomic E-state index is 11.2. The highest BCUT2D eigenvalue weighted by Crippen LogP contribution is 2.17. The number of ether oxygens (including phenoxy) is 2. The van der Waals surface area contributed by atoms with Crippen LogP contribution in [0.3, 0.4) is 0 Å². The van der Waals surface area contributed by atoms with Crippen molar-refractivity contribution in [3.05, 3.63) is 12.2 Å². The molecule has 0 N–H and O–H groups in total. The molecule has 1 fully saturated rings. The van der Waals surface area contributed by atoms with Crippen LogP contribution in [0.1, 0.15) is 12.8 Å². The predicted octanol–water partition coefficient (Wildman–Crippen LogP) is -0.163. The molecule has 1 heterocycles. The summed E-state index contributed by atoms with van der Waals surface area (Å²) in [5.41, 5.74) is 0. The lowest BCUT2D eigenvalue weighted by Gasteiger charge is -2.18. The fourth-order valence-corrected chi connectivity index (χ4v) is 1.29. The van der Waals surface area contributed by atoms with Crippen LogP contribution >= 0.6 is 0 Å². The van der Waals surface area contributed by atoms with Crippen molar-refractivity contribution in [1.29, 1.82) is 0 Å². The number of amides is 1. The molecule has 1 amide bonds. The smallest absolute Gasteiger partial charge is 0.332 e. The summed E-state index contributed by atoms with van der Waals surface area (Å²) in [5.74, 6) is -1.36. The number of nitrogens with zero attached hydrogens (tertiary/aromatic N) is 1. The zero-order chi connectivity index (χ0) is 12.1. The first kappa shape index (κ1) is 12.2. The molecule has 1 atom stereocenters. The molecule has 1 unspecified atom stereocenters. The first-order chi connectivity index (χ1) is 7.54. The minimum atomic E-state index is -0.669. The van der Waals surface area contributed by atoms with E-state index in [1.165, 1.54) is 12.0 Å². The summed E-state index contributed by atoms with van der Waals surface area (Å²) in [5, 5.41) is 0. The summed E-state index contributed by atoms with van der Waals surface area (Å²) in [4.78, 5) is 34.4. The van der Waals surface area contributed by atoms with Gasteiger partial charge in [0, 0.05) is 32.0 Å². The number of carbonyl (C=O) groups is 3. The quantitative estimate of drug-likeness (QED) is 0.494. The second kappa shape index (κ2) is 5.29. The van der Waals surface area contributed by atoms with Gasteiger partial charge in [-0.05, 0) is 0 Å². The van der Waals surface area contributed by atoms with E-state index >= 15 is 0 Å². The number of methoxy groups -OCH3 is 1. The van der Waals surface area contributed by atoms with E-state index < -0.39 is 18.2 Å². The summed E-state index contributed by atoms with van der Waals surface area (Å²) in [6.07, 6.45) is 2.26. The normalized spacial score (nSPS) is 20.2. The molecule has 0 aromatic rings. The Morgan fingerprint density at radius 1 is 1.38 bits per heavy atom. The molecule has 1 aliphatic heterocycles. The molecule has 1 aliphatic rings. The van der Waals surface area contributed by atoms with E-state index in [2.05, 4.69) is 4.74 Å². The van der Waals surface area contributed by atoms with Crippen LogP contribution in [0.2, 0.25) is 0 Å². The topological polar surface area (TPSA) is 72.9 Å². The van der Waals surface area contributed by atoms with Crippen molar-refractivity contribution in [1.82, 2.24) is 4.90 Å². The second-order valence-electron chi connectivity index (χ2n) is 3.29. The van der Waals surface area contributed by atoms with E-state index in [0.717, 1.165) is 12.2 Å². The zero-order valence-corrected chi connectivity index (χ0v) is 9.13. The molecular weight excluding hydrogens is 214 g/mol. The molecule has 0 saturated carbocycles. The van der Waals surface area contributed by atoms with Gasteiger partial charge in [-0.1, -0.05) is 0 Å². The largest absolute Gasteiger partial charge is 0.466 e. The molecule has 0 aromatic carbocycles. The van der Waals surface area contributed by atoms with Crippen LogP contribution in [-0.4, -0.2) is 43.1 Å². The van der Waals surface area contributed by atoms with E-state index in [-0.39, 0.29) is 5.91 Å². The van der Waals surface area contributed by atoms with E-state index in [1.54, 1.807) is 7.05 Å². The van der Waals surface area contributed by atoms with Gasteiger partial charge >= 0.3 is 11.9 Å². The van der Waals surface area contributed by atoms with Gasteiger partial charge in [0.2, 0.25) is 5.91 Å². The van der Waals surface area contributed by atoms with Crippen LogP contribution in [0.5, 0.6) is 0 Å². The van der Waals surface area contributed by atoms with Gasteiger partial charge in [-0.15, -0.1) is 0 Å². The SMILES string of the molecule is COC(=O)/C=C/C(=O)OC1CCC(=O)N1C. The van der Waals surface area contributed by atoms with Gasteiger partial charge in [0.1, 0.15) is 0 Å². The van der Waals surface area contributed by atoms with E-state index in [9.17, 15) is 14.4 Å². The van der Waals surface area contributed by atoms with Crippen molar-refractivity contribution < 1.29 is 23.9 Å². The van der Waals surface area contributed by atoms with Crippen LogP contribution in [-0.2, 0) is 23.9 Å². The number of hydrogen-bond donors (Lipinski definition) is 0. The number of esters is 2. The van der Waals surface area contributed by atoms with Crippen LogP contribution in [0.15, 0.2) is 12.2 Å². The van der Waals surface area contributed by atoms with Crippen LogP contribution in [0, 0.1) is 0 Å². The molecule has 6 heteroatoms. The molecular formula is C10H13NO5. The van der Waals surface area contributed by atoms with Gasteiger partial charge in [-0.25, -0.2) is 9.59 Å². The van der Waals surface area contributed by atoms with E-state index in [1.807, 2.05) is 0 Å². The lowest BCUT2D eigenvalue weighted by molar-refractivity contribution is -0.153. The Kier molecular flexibility index (Phi) is 4.04. The maximum Gasteiger partial charge on any atom is 0.332 e. The molecule has 1 saturated heterocycles. The van der Waals surface area contributed by atoms with Crippen molar-refractivity contribution >= 4 is 17.8 Å². The molecule has 88 valence electrons. The Balaban J connectivity index is 2.43. The van der Waals surface area contributed by atoms with Crippen LogP contribution in [0.4, 0.5) is 0 Å². The van der Waals surface area contributed by atoms with Crippen LogP contribution < -0.4 is 0 Å². The first-order valence-electron chi connectivity index (χ1n) is 4.77. The molecule has 1 rings (SSSR count). The third kappa shape index (κ3) is 3.08. The fourth-order valence-electron chi connectivity index (χ4n) is 1.29. The molecule has 6 nitrogen and oxygen atoms in total. The lowest BCUT2D eigenvalue weighted by Crippen LogP contribution is -2.32. The lowest BCUT2D eigenvalue weighted by atomic mass is 10.3. The zero-order valence-electron chi connectivity index (χ0n) is 9.13. The number of likely N-dealkylation sites (tertiary alicyclic amines) is 1. The first-order valence-corrected chi connectivity index (χ1v) is 4.77. The highest BCUT2D eigenvalue weighted by atomic mass is 16.6. The Morgan fingerprint density at radius 3 is 2.50 bits per heavy atom. The van der Waals surface area contributed by atoms with Gasteiger partial charge in [0.05, 0.1) is 7.11 Å². The van der Waals surface area contributed by atoms with Crippen molar-refractivity contribution in [3.8, 4) is 0 Å². The van der Waals surface area contributed by atoms with Crippen molar-refractivity contribution in [3.63, 3.8) is 0 Å². The number of carbonyl (C=O) groups excluding carboxylic acids is 3. The third-order valence-corrected chi connectivity index (χ3v) is 2.24. The predicted molar refractivity (Wildman–Crippen MR) is 53.0 cm³/mol.